The SMILES string of the molecule is CCCCCNc1nc(C)cc(NCCCC)n1. The Morgan fingerprint density at radius 1 is 0.944 bits per heavy atom. The Morgan fingerprint density at radius 2 is 1.67 bits per heavy atom. The van der Waals surface area contributed by atoms with Gasteiger partial charge < -0.3 is 10.6 Å². The maximum absolute atomic E-state index is 4.47. The molecule has 1 aromatic heterocycles. The molecule has 4 heteroatoms. The first-order chi connectivity index (χ1) is 8.76. The summed E-state index contributed by atoms with van der Waals surface area (Å²) in [5.41, 5.74) is 1.00. The van der Waals surface area contributed by atoms with Gasteiger partial charge in [-0.2, -0.15) is 4.98 Å². The summed E-state index contributed by atoms with van der Waals surface area (Å²) in [5, 5.41) is 6.63. The van der Waals surface area contributed by atoms with Crippen LogP contribution in [0.4, 0.5) is 11.8 Å². The van der Waals surface area contributed by atoms with E-state index in [-0.39, 0.29) is 0 Å². The molecule has 18 heavy (non-hydrogen) atoms. The molecule has 0 aliphatic rings. The van der Waals surface area contributed by atoms with Crippen LogP contribution in [0.5, 0.6) is 0 Å². The van der Waals surface area contributed by atoms with Crippen LogP contribution in [0.3, 0.4) is 0 Å². The lowest BCUT2D eigenvalue weighted by Crippen LogP contribution is -2.09. The predicted molar refractivity (Wildman–Crippen MR) is 78.2 cm³/mol. The van der Waals surface area contributed by atoms with Gasteiger partial charge in [0.25, 0.3) is 0 Å². The second kappa shape index (κ2) is 8.72. The van der Waals surface area contributed by atoms with Crippen molar-refractivity contribution in [2.24, 2.45) is 0 Å². The highest BCUT2D eigenvalue weighted by Crippen LogP contribution is 2.10. The van der Waals surface area contributed by atoms with Crippen LogP contribution in [0.2, 0.25) is 0 Å². The van der Waals surface area contributed by atoms with Gasteiger partial charge in [-0.05, 0) is 19.8 Å². The Labute approximate surface area is 111 Å². The van der Waals surface area contributed by atoms with Gasteiger partial charge in [0.15, 0.2) is 0 Å². The second-order valence-corrected chi connectivity index (χ2v) is 4.63. The average molecular weight is 250 g/mol. The third-order valence-corrected chi connectivity index (χ3v) is 2.75. The minimum atomic E-state index is 0.741. The summed E-state index contributed by atoms with van der Waals surface area (Å²) in [4.78, 5) is 8.87. The van der Waals surface area contributed by atoms with Crippen LogP contribution in [-0.4, -0.2) is 23.1 Å². The van der Waals surface area contributed by atoms with E-state index in [0.717, 1.165) is 30.5 Å². The van der Waals surface area contributed by atoms with E-state index in [9.17, 15) is 0 Å². The summed E-state index contributed by atoms with van der Waals surface area (Å²) in [5.74, 6) is 1.67. The number of anilines is 2. The van der Waals surface area contributed by atoms with Crippen LogP contribution < -0.4 is 10.6 Å². The van der Waals surface area contributed by atoms with Gasteiger partial charge in [0.1, 0.15) is 5.82 Å². The van der Waals surface area contributed by atoms with Gasteiger partial charge in [0.2, 0.25) is 5.95 Å². The Kier molecular flexibility index (Phi) is 7.14. The first-order valence-corrected chi connectivity index (χ1v) is 7.09. The Morgan fingerprint density at radius 3 is 2.39 bits per heavy atom. The van der Waals surface area contributed by atoms with E-state index >= 15 is 0 Å². The van der Waals surface area contributed by atoms with Gasteiger partial charge in [0.05, 0.1) is 0 Å². The number of aryl methyl sites for hydroxylation is 1. The molecule has 102 valence electrons. The number of aromatic nitrogens is 2. The second-order valence-electron chi connectivity index (χ2n) is 4.63. The fraction of sp³-hybridized carbons (Fsp3) is 0.714. The monoisotopic (exact) mass is 250 g/mol. The van der Waals surface area contributed by atoms with Crippen LogP contribution in [0.1, 0.15) is 51.6 Å². The molecule has 0 fully saturated rings. The molecule has 4 nitrogen and oxygen atoms in total. The number of nitrogens with zero attached hydrogens (tertiary/aromatic N) is 2. The molecule has 1 heterocycles. The van der Waals surface area contributed by atoms with Crippen molar-refractivity contribution in [2.45, 2.75) is 52.9 Å². The van der Waals surface area contributed by atoms with Crippen molar-refractivity contribution in [3.05, 3.63) is 11.8 Å². The maximum atomic E-state index is 4.47. The van der Waals surface area contributed by atoms with Gasteiger partial charge >= 0.3 is 0 Å². The van der Waals surface area contributed by atoms with E-state index in [1.54, 1.807) is 0 Å². The highest BCUT2D eigenvalue weighted by atomic mass is 15.1. The van der Waals surface area contributed by atoms with Crippen molar-refractivity contribution in [2.75, 3.05) is 23.7 Å². The van der Waals surface area contributed by atoms with E-state index < -0.39 is 0 Å². The molecule has 1 rings (SSSR count). The fourth-order valence-corrected chi connectivity index (χ4v) is 1.71. The summed E-state index contributed by atoms with van der Waals surface area (Å²) in [6.07, 6.45) is 6.02. The predicted octanol–water partition coefficient (Wildman–Crippen LogP) is 3.60. The normalized spacial score (nSPS) is 10.4. The van der Waals surface area contributed by atoms with E-state index in [1.165, 1.54) is 32.1 Å². The van der Waals surface area contributed by atoms with E-state index in [2.05, 4.69) is 34.4 Å². The third kappa shape index (κ3) is 5.84. The van der Waals surface area contributed by atoms with Crippen molar-refractivity contribution in [3.63, 3.8) is 0 Å². The molecular weight excluding hydrogens is 224 g/mol. The molecule has 0 unspecified atom stereocenters. The maximum Gasteiger partial charge on any atom is 0.224 e. The van der Waals surface area contributed by atoms with Crippen molar-refractivity contribution in [3.8, 4) is 0 Å². The van der Waals surface area contributed by atoms with Crippen LogP contribution in [-0.2, 0) is 0 Å². The molecule has 0 saturated carbocycles. The first kappa shape index (κ1) is 14.7. The smallest absolute Gasteiger partial charge is 0.224 e. The number of hydrogen-bond donors (Lipinski definition) is 2. The van der Waals surface area contributed by atoms with Crippen LogP contribution >= 0.6 is 0 Å². The molecule has 2 N–H and O–H groups in total. The molecule has 1 aromatic rings. The van der Waals surface area contributed by atoms with Crippen LogP contribution in [0.25, 0.3) is 0 Å². The number of rotatable bonds is 9. The molecule has 0 saturated heterocycles. The molecule has 0 aliphatic carbocycles. The minimum Gasteiger partial charge on any atom is -0.370 e. The van der Waals surface area contributed by atoms with Gasteiger partial charge in [-0.1, -0.05) is 33.1 Å². The lowest BCUT2D eigenvalue weighted by molar-refractivity contribution is 0.740. The van der Waals surface area contributed by atoms with Crippen molar-refractivity contribution in [1.29, 1.82) is 0 Å². The summed E-state index contributed by atoms with van der Waals surface area (Å²) in [7, 11) is 0. The van der Waals surface area contributed by atoms with Crippen molar-refractivity contribution < 1.29 is 0 Å². The molecular formula is C14H26N4. The van der Waals surface area contributed by atoms with Gasteiger partial charge in [-0.15, -0.1) is 0 Å². The van der Waals surface area contributed by atoms with Gasteiger partial charge in [-0.25, -0.2) is 4.98 Å². The largest absolute Gasteiger partial charge is 0.370 e. The summed E-state index contributed by atoms with van der Waals surface area (Å²) in [6.45, 7) is 8.32. The van der Waals surface area contributed by atoms with Crippen molar-refractivity contribution in [1.82, 2.24) is 9.97 Å². The zero-order valence-electron chi connectivity index (χ0n) is 11.9. The van der Waals surface area contributed by atoms with Gasteiger partial charge in [-0.3, -0.25) is 0 Å². The third-order valence-electron chi connectivity index (χ3n) is 2.75. The summed E-state index contributed by atoms with van der Waals surface area (Å²) < 4.78 is 0. The zero-order valence-corrected chi connectivity index (χ0v) is 11.9. The summed E-state index contributed by atoms with van der Waals surface area (Å²) in [6, 6.07) is 1.99. The highest BCUT2D eigenvalue weighted by Gasteiger charge is 2.01. The molecule has 0 aromatic carbocycles. The topological polar surface area (TPSA) is 49.8 Å². The Bertz CT molecular complexity index is 339. The van der Waals surface area contributed by atoms with E-state index in [1.807, 2.05) is 13.0 Å². The van der Waals surface area contributed by atoms with Crippen LogP contribution in [0.15, 0.2) is 6.07 Å². The van der Waals surface area contributed by atoms with Crippen LogP contribution in [0, 0.1) is 6.92 Å². The van der Waals surface area contributed by atoms with Crippen molar-refractivity contribution >= 4 is 11.8 Å². The fourth-order valence-electron chi connectivity index (χ4n) is 1.71. The van der Waals surface area contributed by atoms with Gasteiger partial charge in [0, 0.05) is 24.8 Å². The lowest BCUT2D eigenvalue weighted by Gasteiger charge is -2.09. The highest BCUT2D eigenvalue weighted by molar-refractivity contribution is 5.41. The Balaban J connectivity index is 2.46. The summed E-state index contributed by atoms with van der Waals surface area (Å²) >= 11 is 0. The molecule has 0 radical (unpaired) electrons. The molecule has 0 spiro atoms. The standard InChI is InChI=1S/C14H26N4/c1-4-6-8-10-16-14-17-12(3)11-13(18-14)15-9-7-5-2/h11H,4-10H2,1-3H3,(H2,15,16,17,18). The van der Waals surface area contributed by atoms with E-state index in [0.29, 0.717) is 0 Å². The lowest BCUT2D eigenvalue weighted by atomic mass is 10.2. The quantitative estimate of drug-likeness (QED) is 0.657. The zero-order chi connectivity index (χ0) is 13.2. The van der Waals surface area contributed by atoms with E-state index in [4.69, 9.17) is 0 Å². The first-order valence-electron chi connectivity index (χ1n) is 7.09. The molecule has 0 amide bonds. The minimum absolute atomic E-state index is 0.741. The number of hydrogen-bond acceptors (Lipinski definition) is 4. The molecule has 0 aliphatic heterocycles. The Hall–Kier alpha value is -1.32. The average Bonchev–Trinajstić information content (AvgIpc) is 2.34. The molecule has 0 atom stereocenters. The molecule has 0 bridgehead atoms. The number of unbranched alkanes of at least 4 members (excludes halogenated alkanes) is 3. The number of nitrogens with one attached hydrogen (secondary N) is 2.